The Bertz CT molecular complexity index is 529. The Balaban J connectivity index is 1.82. The van der Waals surface area contributed by atoms with Crippen molar-refractivity contribution < 1.29 is 14.3 Å². The Morgan fingerprint density at radius 2 is 2.20 bits per heavy atom. The number of carbonyl (C=O) groups excluding carboxylic acids is 2. The van der Waals surface area contributed by atoms with Crippen LogP contribution in [0.15, 0.2) is 28.7 Å². The molecule has 0 heterocycles. The molecule has 0 unspecified atom stereocenters. The summed E-state index contributed by atoms with van der Waals surface area (Å²) < 4.78 is 6.61. The predicted octanol–water partition coefficient (Wildman–Crippen LogP) is 1.60. The van der Waals surface area contributed by atoms with Crippen LogP contribution in [0.1, 0.15) is 19.8 Å². The third-order valence-electron chi connectivity index (χ3n) is 3.34. The van der Waals surface area contributed by atoms with Crippen LogP contribution < -0.4 is 15.8 Å². The number of hydrogen-bond acceptors (Lipinski definition) is 3. The molecule has 0 saturated heterocycles. The number of carbonyl (C=O) groups is 2. The minimum atomic E-state index is -0.977. The molecule has 6 heteroatoms. The van der Waals surface area contributed by atoms with Crippen molar-refractivity contribution in [2.75, 3.05) is 6.54 Å². The maximum atomic E-state index is 11.9. The van der Waals surface area contributed by atoms with Gasteiger partial charge in [-0.3, -0.25) is 9.59 Å². The van der Waals surface area contributed by atoms with Crippen LogP contribution in [0.3, 0.4) is 0 Å². The van der Waals surface area contributed by atoms with E-state index in [2.05, 4.69) is 21.2 Å². The van der Waals surface area contributed by atoms with E-state index < -0.39 is 11.3 Å². The highest BCUT2D eigenvalue weighted by Gasteiger charge is 2.55. The second-order valence-electron chi connectivity index (χ2n) is 5.04. The predicted molar refractivity (Wildman–Crippen MR) is 78.1 cm³/mol. The Labute approximate surface area is 126 Å². The van der Waals surface area contributed by atoms with Gasteiger partial charge in [-0.15, -0.1) is 0 Å². The van der Waals surface area contributed by atoms with Gasteiger partial charge in [0.1, 0.15) is 17.3 Å². The first-order valence-electron chi connectivity index (χ1n) is 6.44. The van der Waals surface area contributed by atoms with E-state index in [0.29, 0.717) is 19.4 Å². The van der Waals surface area contributed by atoms with Crippen LogP contribution in [0.25, 0.3) is 0 Å². The average Bonchev–Trinajstić information content (AvgIpc) is 3.17. The first kappa shape index (κ1) is 14.8. The summed E-state index contributed by atoms with van der Waals surface area (Å²) in [5.41, 5.74) is 4.27. The lowest BCUT2D eigenvalue weighted by molar-refractivity contribution is -0.135. The summed E-state index contributed by atoms with van der Waals surface area (Å²) in [6, 6.07) is 7.47. The van der Waals surface area contributed by atoms with Crippen molar-refractivity contribution in [3.05, 3.63) is 28.7 Å². The highest BCUT2D eigenvalue weighted by molar-refractivity contribution is 9.10. The van der Waals surface area contributed by atoms with E-state index >= 15 is 0 Å². The zero-order valence-corrected chi connectivity index (χ0v) is 12.8. The molecule has 0 aromatic heterocycles. The van der Waals surface area contributed by atoms with E-state index in [1.807, 2.05) is 31.2 Å². The molecule has 1 aromatic carbocycles. The van der Waals surface area contributed by atoms with Gasteiger partial charge in [-0.05, 0) is 38.0 Å². The van der Waals surface area contributed by atoms with Gasteiger partial charge >= 0.3 is 0 Å². The summed E-state index contributed by atoms with van der Waals surface area (Å²) in [6.07, 6.45) is 0.876. The number of hydrogen-bond donors (Lipinski definition) is 2. The average molecular weight is 341 g/mol. The van der Waals surface area contributed by atoms with Gasteiger partial charge < -0.3 is 15.8 Å². The Hall–Kier alpha value is -1.56. The minimum absolute atomic E-state index is 0.197. The highest BCUT2D eigenvalue weighted by Crippen LogP contribution is 2.45. The lowest BCUT2D eigenvalue weighted by Gasteiger charge is -2.17. The zero-order valence-electron chi connectivity index (χ0n) is 11.2. The first-order valence-corrected chi connectivity index (χ1v) is 7.24. The molecule has 1 aliphatic rings. The summed E-state index contributed by atoms with van der Waals surface area (Å²) in [5.74, 6) is -0.123. The number of rotatable bonds is 6. The largest absolute Gasteiger partial charge is 0.489 e. The standard InChI is InChI=1S/C14H17BrN2O3/c1-9(20-11-4-2-3-10(15)7-11)8-17-13(19)14(5-6-14)12(16)18/h2-4,7,9H,5-6,8H2,1H3,(H2,16,18)(H,17,19)/t9-/m1/s1. The monoisotopic (exact) mass is 340 g/mol. The van der Waals surface area contributed by atoms with E-state index in [1.165, 1.54) is 0 Å². The Kier molecular flexibility index (Phi) is 4.32. The fraction of sp³-hybridized carbons (Fsp3) is 0.429. The molecule has 0 bridgehead atoms. The second kappa shape index (κ2) is 5.83. The van der Waals surface area contributed by atoms with E-state index in [4.69, 9.17) is 10.5 Å². The molecule has 3 N–H and O–H groups in total. The highest BCUT2D eigenvalue weighted by atomic mass is 79.9. The molecule has 20 heavy (non-hydrogen) atoms. The topological polar surface area (TPSA) is 81.4 Å². The van der Waals surface area contributed by atoms with Crippen molar-refractivity contribution in [1.82, 2.24) is 5.32 Å². The fourth-order valence-electron chi connectivity index (χ4n) is 1.93. The van der Waals surface area contributed by atoms with E-state index in [1.54, 1.807) is 0 Å². The molecule has 2 rings (SSSR count). The van der Waals surface area contributed by atoms with Crippen LogP contribution in [0, 0.1) is 5.41 Å². The lowest BCUT2D eigenvalue weighted by atomic mass is 10.1. The minimum Gasteiger partial charge on any atom is -0.489 e. The van der Waals surface area contributed by atoms with Gasteiger partial charge in [0.2, 0.25) is 11.8 Å². The van der Waals surface area contributed by atoms with Crippen molar-refractivity contribution in [1.29, 1.82) is 0 Å². The number of nitrogens with one attached hydrogen (secondary N) is 1. The number of benzene rings is 1. The molecule has 1 aliphatic carbocycles. The van der Waals surface area contributed by atoms with Gasteiger partial charge in [-0.25, -0.2) is 0 Å². The molecule has 2 amide bonds. The van der Waals surface area contributed by atoms with Crippen molar-refractivity contribution in [3.8, 4) is 5.75 Å². The zero-order chi connectivity index (χ0) is 14.8. The molecular weight excluding hydrogens is 324 g/mol. The third-order valence-corrected chi connectivity index (χ3v) is 3.83. The fourth-order valence-corrected chi connectivity index (χ4v) is 2.31. The van der Waals surface area contributed by atoms with Crippen molar-refractivity contribution in [3.63, 3.8) is 0 Å². The van der Waals surface area contributed by atoms with Gasteiger partial charge in [0.15, 0.2) is 0 Å². The number of ether oxygens (including phenoxy) is 1. The molecule has 0 spiro atoms. The maximum absolute atomic E-state index is 11.9. The van der Waals surface area contributed by atoms with Gasteiger partial charge in [-0.1, -0.05) is 22.0 Å². The summed E-state index contributed by atoms with van der Waals surface area (Å²) in [4.78, 5) is 23.1. The molecular formula is C14H17BrN2O3. The quantitative estimate of drug-likeness (QED) is 0.771. The second-order valence-corrected chi connectivity index (χ2v) is 5.96. The van der Waals surface area contributed by atoms with Crippen LogP contribution >= 0.6 is 15.9 Å². The lowest BCUT2D eigenvalue weighted by Crippen LogP contribution is -2.43. The van der Waals surface area contributed by atoms with Crippen LogP contribution in [0.5, 0.6) is 5.75 Å². The van der Waals surface area contributed by atoms with Crippen LogP contribution in [-0.4, -0.2) is 24.5 Å². The molecule has 5 nitrogen and oxygen atoms in total. The summed E-state index contributed by atoms with van der Waals surface area (Å²) in [5, 5.41) is 2.72. The van der Waals surface area contributed by atoms with Crippen molar-refractivity contribution in [2.24, 2.45) is 11.1 Å². The van der Waals surface area contributed by atoms with Crippen LogP contribution in [0.4, 0.5) is 0 Å². The van der Waals surface area contributed by atoms with Gasteiger partial charge in [-0.2, -0.15) is 0 Å². The number of nitrogens with two attached hydrogens (primary N) is 1. The third kappa shape index (κ3) is 3.30. The molecule has 1 saturated carbocycles. The van der Waals surface area contributed by atoms with Gasteiger partial charge in [0.05, 0.1) is 6.54 Å². The Morgan fingerprint density at radius 3 is 2.75 bits per heavy atom. The maximum Gasteiger partial charge on any atom is 0.235 e. The summed E-state index contributed by atoms with van der Waals surface area (Å²) >= 11 is 3.36. The van der Waals surface area contributed by atoms with Crippen LogP contribution in [0.2, 0.25) is 0 Å². The van der Waals surface area contributed by atoms with E-state index in [-0.39, 0.29) is 12.0 Å². The van der Waals surface area contributed by atoms with Crippen LogP contribution in [-0.2, 0) is 9.59 Å². The molecule has 0 radical (unpaired) electrons. The number of primary amides is 1. The van der Waals surface area contributed by atoms with E-state index in [0.717, 1.165) is 10.2 Å². The SMILES string of the molecule is C[C@H](CNC(=O)C1(C(N)=O)CC1)Oc1cccc(Br)c1. The molecule has 1 aromatic rings. The van der Waals surface area contributed by atoms with Crippen molar-refractivity contribution >= 4 is 27.7 Å². The smallest absolute Gasteiger partial charge is 0.235 e. The summed E-state index contributed by atoms with van der Waals surface area (Å²) in [7, 11) is 0. The summed E-state index contributed by atoms with van der Waals surface area (Å²) in [6.45, 7) is 2.19. The molecule has 1 atom stereocenters. The number of amides is 2. The van der Waals surface area contributed by atoms with Crippen molar-refractivity contribution in [2.45, 2.75) is 25.9 Å². The first-order chi connectivity index (χ1) is 9.44. The van der Waals surface area contributed by atoms with E-state index in [9.17, 15) is 9.59 Å². The molecule has 1 fully saturated rings. The normalized spacial score (nSPS) is 17.1. The molecule has 108 valence electrons. The van der Waals surface area contributed by atoms with Gasteiger partial charge in [0, 0.05) is 4.47 Å². The number of halogens is 1. The molecule has 0 aliphatic heterocycles. The Morgan fingerprint density at radius 1 is 1.50 bits per heavy atom. The van der Waals surface area contributed by atoms with Gasteiger partial charge in [0.25, 0.3) is 0 Å².